The van der Waals surface area contributed by atoms with E-state index in [1.54, 1.807) is 7.05 Å². The van der Waals surface area contributed by atoms with E-state index in [9.17, 15) is 16.8 Å². The Bertz CT molecular complexity index is 704. The van der Waals surface area contributed by atoms with Gasteiger partial charge < -0.3 is 10.1 Å². The first-order valence-electron chi connectivity index (χ1n) is 6.13. The van der Waals surface area contributed by atoms with Gasteiger partial charge in [0.05, 0.1) is 12.0 Å². The fourth-order valence-corrected chi connectivity index (χ4v) is 3.72. The Hall–Kier alpha value is -0.870. The summed E-state index contributed by atoms with van der Waals surface area (Å²) < 4.78 is 54.4. The van der Waals surface area contributed by atoms with Crippen molar-refractivity contribution in [2.24, 2.45) is 0 Å². The van der Waals surface area contributed by atoms with Crippen LogP contribution in [-0.2, 0) is 19.9 Å². The Kier molecular flexibility index (Phi) is 7.79. The summed E-state index contributed by atoms with van der Waals surface area (Å²) in [7, 11) is -2.86. The number of methoxy groups -OCH3 is 1. The Balaban J connectivity index is 0.00000441. The van der Waals surface area contributed by atoms with E-state index in [0.29, 0.717) is 6.54 Å². The Morgan fingerprint density at radius 3 is 2.27 bits per heavy atom. The molecule has 0 saturated carbocycles. The number of hydrogen-bond acceptors (Lipinski definition) is 6. The number of sulfonamides is 1. The van der Waals surface area contributed by atoms with Crippen molar-refractivity contribution in [1.29, 1.82) is 0 Å². The topological polar surface area (TPSA) is 92.8 Å². The van der Waals surface area contributed by atoms with Gasteiger partial charge in [-0.3, -0.25) is 0 Å². The van der Waals surface area contributed by atoms with E-state index >= 15 is 0 Å². The van der Waals surface area contributed by atoms with Crippen molar-refractivity contribution in [3.8, 4) is 5.75 Å². The van der Waals surface area contributed by atoms with Crippen LogP contribution in [0.1, 0.15) is 0 Å². The van der Waals surface area contributed by atoms with Crippen LogP contribution in [0.5, 0.6) is 5.75 Å². The molecule has 0 atom stereocenters. The van der Waals surface area contributed by atoms with E-state index in [2.05, 4.69) is 5.32 Å². The van der Waals surface area contributed by atoms with Crippen LogP contribution in [0, 0.1) is 0 Å². The molecule has 0 heterocycles. The number of hydrogen-bond donors (Lipinski definition) is 1. The molecular formula is C12H21ClN2O5S2. The molecule has 0 aliphatic rings. The number of nitrogens with zero attached hydrogens (tertiary/aromatic N) is 1. The predicted molar refractivity (Wildman–Crippen MR) is 87.1 cm³/mol. The zero-order valence-corrected chi connectivity index (χ0v) is 15.3. The van der Waals surface area contributed by atoms with Crippen LogP contribution < -0.4 is 10.1 Å². The van der Waals surface area contributed by atoms with Crippen LogP contribution in [0.15, 0.2) is 28.0 Å². The van der Waals surface area contributed by atoms with Crippen molar-refractivity contribution in [2.45, 2.75) is 9.79 Å². The molecule has 0 aromatic heterocycles. The first-order chi connectivity index (χ1) is 9.64. The van der Waals surface area contributed by atoms with Crippen molar-refractivity contribution >= 4 is 32.3 Å². The third kappa shape index (κ3) is 4.82. The molecule has 1 aromatic carbocycles. The molecule has 1 aromatic rings. The molecule has 1 N–H and O–H groups in total. The average Bonchev–Trinajstić information content (AvgIpc) is 2.42. The highest BCUT2D eigenvalue weighted by atomic mass is 35.5. The minimum absolute atomic E-state index is 0. The molecule has 0 saturated heterocycles. The van der Waals surface area contributed by atoms with Gasteiger partial charge in [0, 0.05) is 26.4 Å². The van der Waals surface area contributed by atoms with Crippen LogP contribution in [0.4, 0.5) is 0 Å². The summed E-state index contributed by atoms with van der Waals surface area (Å²) in [6, 6.07) is 3.79. The largest absolute Gasteiger partial charge is 0.495 e. The third-order valence-electron chi connectivity index (χ3n) is 2.93. The summed E-state index contributed by atoms with van der Waals surface area (Å²) in [5, 5.41) is 2.85. The number of benzene rings is 1. The van der Waals surface area contributed by atoms with Crippen molar-refractivity contribution < 1.29 is 21.6 Å². The molecule has 0 radical (unpaired) electrons. The van der Waals surface area contributed by atoms with Gasteiger partial charge in [-0.15, -0.1) is 12.4 Å². The van der Waals surface area contributed by atoms with Crippen molar-refractivity contribution in [3.63, 3.8) is 0 Å². The molecule has 1 rings (SSSR count). The molecule has 22 heavy (non-hydrogen) atoms. The number of likely N-dealkylation sites (N-methyl/N-ethyl adjacent to an activating group) is 2. The lowest BCUT2D eigenvalue weighted by atomic mass is 10.3. The van der Waals surface area contributed by atoms with Crippen molar-refractivity contribution in [2.75, 3.05) is 40.6 Å². The highest BCUT2D eigenvalue weighted by Gasteiger charge is 2.26. The lowest BCUT2D eigenvalue weighted by Crippen LogP contribution is -2.33. The van der Waals surface area contributed by atoms with Gasteiger partial charge in [-0.05, 0) is 25.2 Å². The smallest absolute Gasteiger partial charge is 0.246 e. The maximum Gasteiger partial charge on any atom is 0.246 e. The number of ether oxygens (including phenoxy) is 1. The highest BCUT2D eigenvalue weighted by molar-refractivity contribution is 7.91. The number of rotatable bonds is 7. The van der Waals surface area contributed by atoms with E-state index in [0.717, 1.165) is 16.6 Å². The first kappa shape index (κ1) is 21.1. The van der Waals surface area contributed by atoms with Gasteiger partial charge >= 0.3 is 0 Å². The SMILES string of the molecule is CNCCN(C)S(=O)(=O)c1cc(S(C)(=O)=O)ccc1OC.Cl. The second-order valence-corrected chi connectivity index (χ2v) is 8.54. The van der Waals surface area contributed by atoms with E-state index in [1.807, 2.05) is 0 Å². The average molecular weight is 373 g/mol. The second kappa shape index (κ2) is 8.11. The summed E-state index contributed by atoms with van der Waals surface area (Å²) in [4.78, 5) is -0.226. The van der Waals surface area contributed by atoms with Crippen molar-refractivity contribution in [3.05, 3.63) is 18.2 Å². The molecule has 0 fully saturated rings. The summed E-state index contributed by atoms with van der Waals surface area (Å²) in [6.07, 6.45) is 1.02. The Morgan fingerprint density at radius 1 is 1.23 bits per heavy atom. The highest BCUT2D eigenvalue weighted by Crippen LogP contribution is 2.28. The van der Waals surface area contributed by atoms with Gasteiger partial charge in [0.15, 0.2) is 9.84 Å². The fraction of sp³-hybridized carbons (Fsp3) is 0.500. The first-order valence-corrected chi connectivity index (χ1v) is 9.46. The molecule has 0 spiro atoms. The fourth-order valence-electron chi connectivity index (χ4n) is 1.65. The number of sulfone groups is 1. The normalized spacial score (nSPS) is 12.0. The predicted octanol–water partition coefficient (Wildman–Crippen LogP) is 0.360. The van der Waals surface area contributed by atoms with Gasteiger partial charge in [-0.25, -0.2) is 16.8 Å². The minimum Gasteiger partial charge on any atom is -0.495 e. The lowest BCUT2D eigenvalue weighted by Gasteiger charge is -2.19. The third-order valence-corrected chi connectivity index (χ3v) is 5.92. The van der Waals surface area contributed by atoms with Gasteiger partial charge in [-0.2, -0.15) is 4.31 Å². The number of halogens is 1. The van der Waals surface area contributed by atoms with Crippen molar-refractivity contribution in [1.82, 2.24) is 9.62 Å². The van der Waals surface area contributed by atoms with Gasteiger partial charge in [0.25, 0.3) is 0 Å². The standard InChI is InChI=1S/C12H20N2O5S2.ClH/c1-13-7-8-14(2)21(17,18)12-9-10(20(4,15)16)5-6-11(12)19-3;/h5-6,9,13H,7-8H2,1-4H3;1H. The molecule has 0 aliphatic carbocycles. The summed E-state index contributed by atoms with van der Waals surface area (Å²) in [5.41, 5.74) is 0. The summed E-state index contributed by atoms with van der Waals surface area (Å²) in [6.45, 7) is 0.731. The van der Waals surface area contributed by atoms with Crippen LogP contribution >= 0.6 is 12.4 Å². The Labute approximate surface area is 138 Å². The maximum absolute atomic E-state index is 12.5. The molecule has 0 unspecified atom stereocenters. The molecular weight excluding hydrogens is 352 g/mol. The van der Waals surface area contributed by atoms with E-state index in [-0.39, 0.29) is 34.5 Å². The lowest BCUT2D eigenvalue weighted by molar-refractivity contribution is 0.397. The quantitative estimate of drug-likeness (QED) is 0.742. The minimum atomic E-state index is -3.83. The monoisotopic (exact) mass is 372 g/mol. The van der Waals surface area contributed by atoms with Crippen LogP contribution in [0.3, 0.4) is 0 Å². The van der Waals surface area contributed by atoms with Crippen LogP contribution in [0.25, 0.3) is 0 Å². The molecule has 0 bridgehead atoms. The molecule has 7 nitrogen and oxygen atoms in total. The van der Waals surface area contributed by atoms with Gasteiger partial charge in [0.1, 0.15) is 10.6 Å². The number of nitrogens with one attached hydrogen (secondary N) is 1. The summed E-state index contributed by atoms with van der Waals surface area (Å²) >= 11 is 0. The maximum atomic E-state index is 12.5. The van der Waals surface area contributed by atoms with Gasteiger partial charge in [-0.1, -0.05) is 0 Å². The molecule has 0 amide bonds. The van der Waals surface area contributed by atoms with E-state index in [4.69, 9.17) is 4.74 Å². The van der Waals surface area contributed by atoms with Crippen LogP contribution in [0.2, 0.25) is 0 Å². The summed E-state index contributed by atoms with van der Waals surface area (Å²) in [5.74, 6) is 0.110. The molecule has 128 valence electrons. The van der Waals surface area contributed by atoms with E-state index < -0.39 is 19.9 Å². The Morgan fingerprint density at radius 2 is 1.82 bits per heavy atom. The zero-order chi connectivity index (χ0) is 16.3. The second-order valence-electron chi connectivity index (χ2n) is 4.51. The van der Waals surface area contributed by atoms with Gasteiger partial charge in [0.2, 0.25) is 10.0 Å². The molecule has 10 heteroatoms. The molecule has 0 aliphatic heterocycles. The zero-order valence-electron chi connectivity index (χ0n) is 12.9. The van der Waals surface area contributed by atoms with Crippen LogP contribution in [-0.4, -0.2) is 61.7 Å². The van der Waals surface area contributed by atoms with E-state index in [1.165, 1.54) is 26.3 Å².